The Kier molecular flexibility index (Phi) is 4.87. The maximum Gasteiger partial charge on any atom is 0.262 e. The Morgan fingerprint density at radius 2 is 1.95 bits per heavy atom. The molecular weight excluding hydrogens is 344 g/mol. The fraction of sp³-hybridized carbons (Fsp3) is 0.0714. The van der Waals surface area contributed by atoms with Crippen LogP contribution in [0.1, 0.15) is 0 Å². The second-order valence-electron chi connectivity index (χ2n) is 4.03. The molecule has 2 rings (SSSR count). The van der Waals surface area contributed by atoms with Gasteiger partial charge in [-0.1, -0.05) is 11.6 Å². The smallest absolute Gasteiger partial charge is 0.262 e. The highest BCUT2D eigenvalue weighted by Gasteiger charge is 2.06. The fourth-order valence-corrected chi connectivity index (χ4v) is 2.30. The number of hydrogen-bond donors (Lipinski definition) is 2. The zero-order valence-electron chi connectivity index (χ0n) is 10.4. The molecule has 0 heterocycles. The highest BCUT2D eigenvalue weighted by molar-refractivity contribution is 9.10. The van der Waals surface area contributed by atoms with Crippen LogP contribution in [0.3, 0.4) is 0 Å². The Hall–Kier alpha value is -1.72. The minimum Gasteiger partial charge on any atom is -0.483 e. The third-order valence-electron chi connectivity index (χ3n) is 2.45. The van der Waals surface area contributed by atoms with Gasteiger partial charge in [0.2, 0.25) is 0 Å². The predicted molar refractivity (Wildman–Crippen MR) is 84.1 cm³/mol. The first-order valence-electron chi connectivity index (χ1n) is 5.78. The lowest BCUT2D eigenvalue weighted by atomic mass is 10.3. The van der Waals surface area contributed by atoms with Crippen LogP contribution in [0.15, 0.2) is 46.9 Å². The van der Waals surface area contributed by atoms with E-state index in [0.29, 0.717) is 26.6 Å². The van der Waals surface area contributed by atoms with Crippen molar-refractivity contribution in [3.63, 3.8) is 0 Å². The Morgan fingerprint density at radius 3 is 2.60 bits per heavy atom. The molecule has 0 bridgehead atoms. The van der Waals surface area contributed by atoms with Crippen molar-refractivity contribution >= 4 is 44.8 Å². The lowest BCUT2D eigenvalue weighted by molar-refractivity contribution is -0.118. The summed E-state index contributed by atoms with van der Waals surface area (Å²) in [6.07, 6.45) is 0. The van der Waals surface area contributed by atoms with Gasteiger partial charge in [0.05, 0.1) is 4.47 Å². The van der Waals surface area contributed by atoms with Crippen LogP contribution in [0.4, 0.5) is 11.4 Å². The van der Waals surface area contributed by atoms with E-state index in [2.05, 4.69) is 21.2 Å². The minimum atomic E-state index is -0.253. The van der Waals surface area contributed by atoms with Gasteiger partial charge in [-0.3, -0.25) is 4.79 Å². The number of nitrogen functional groups attached to an aromatic ring is 1. The van der Waals surface area contributed by atoms with E-state index >= 15 is 0 Å². The molecule has 20 heavy (non-hydrogen) atoms. The van der Waals surface area contributed by atoms with Crippen molar-refractivity contribution in [1.82, 2.24) is 0 Å². The molecule has 0 saturated carbocycles. The lowest BCUT2D eigenvalue weighted by Gasteiger charge is -2.09. The Bertz CT molecular complexity index is 617. The summed E-state index contributed by atoms with van der Waals surface area (Å²) in [5, 5.41) is 3.30. The van der Waals surface area contributed by atoms with E-state index in [1.807, 2.05) is 0 Å². The Labute approximate surface area is 130 Å². The van der Waals surface area contributed by atoms with Gasteiger partial charge in [0.25, 0.3) is 5.91 Å². The van der Waals surface area contributed by atoms with Gasteiger partial charge in [-0.15, -0.1) is 0 Å². The Balaban J connectivity index is 1.90. The number of nitrogens with one attached hydrogen (secondary N) is 1. The topological polar surface area (TPSA) is 64.3 Å². The number of amides is 1. The first-order chi connectivity index (χ1) is 9.54. The molecule has 0 unspecified atom stereocenters. The third kappa shape index (κ3) is 4.15. The molecule has 0 radical (unpaired) electrons. The largest absolute Gasteiger partial charge is 0.483 e. The monoisotopic (exact) mass is 354 g/mol. The van der Waals surface area contributed by atoms with E-state index in [0.717, 1.165) is 0 Å². The first kappa shape index (κ1) is 14.7. The average Bonchev–Trinajstić information content (AvgIpc) is 2.40. The van der Waals surface area contributed by atoms with E-state index in [1.165, 1.54) is 0 Å². The lowest BCUT2D eigenvalue weighted by Crippen LogP contribution is -2.20. The van der Waals surface area contributed by atoms with Crippen molar-refractivity contribution in [2.45, 2.75) is 0 Å². The molecule has 3 N–H and O–H groups in total. The van der Waals surface area contributed by atoms with E-state index in [-0.39, 0.29) is 12.5 Å². The molecule has 0 aromatic heterocycles. The normalized spacial score (nSPS) is 10.1. The molecule has 0 aliphatic carbocycles. The predicted octanol–water partition coefficient (Wildman–Crippen LogP) is 3.70. The number of halogens is 2. The summed E-state index contributed by atoms with van der Waals surface area (Å²) in [5.74, 6) is 0.304. The number of hydrogen-bond acceptors (Lipinski definition) is 3. The zero-order chi connectivity index (χ0) is 14.5. The number of carbonyl (C=O) groups excluding carboxylic acids is 1. The van der Waals surface area contributed by atoms with Crippen LogP contribution < -0.4 is 15.8 Å². The van der Waals surface area contributed by atoms with E-state index in [1.54, 1.807) is 42.5 Å². The maximum absolute atomic E-state index is 11.7. The molecule has 0 fully saturated rings. The summed E-state index contributed by atoms with van der Waals surface area (Å²) in [7, 11) is 0. The van der Waals surface area contributed by atoms with E-state index < -0.39 is 0 Å². The van der Waals surface area contributed by atoms with Crippen LogP contribution in [-0.4, -0.2) is 12.5 Å². The average molecular weight is 356 g/mol. The summed E-state index contributed by atoms with van der Waals surface area (Å²) in [6, 6.07) is 12.0. The summed E-state index contributed by atoms with van der Waals surface area (Å²) in [4.78, 5) is 11.7. The number of carbonyl (C=O) groups is 1. The van der Waals surface area contributed by atoms with Crippen LogP contribution in [0.2, 0.25) is 5.02 Å². The third-order valence-corrected chi connectivity index (χ3v) is 3.30. The minimum absolute atomic E-state index is 0.0926. The second kappa shape index (κ2) is 6.63. The molecule has 0 atom stereocenters. The Morgan fingerprint density at radius 1 is 1.25 bits per heavy atom. The summed E-state index contributed by atoms with van der Waals surface area (Å²) < 4.78 is 6.11. The van der Waals surface area contributed by atoms with E-state index in [9.17, 15) is 4.79 Å². The number of ether oxygens (including phenoxy) is 1. The number of nitrogens with two attached hydrogens (primary N) is 1. The fourth-order valence-electron chi connectivity index (χ4n) is 1.50. The summed E-state index contributed by atoms with van der Waals surface area (Å²) in [5.41, 5.74) is 6.88. The van der Waals surface area contributed by atoms with Crippen molar-refractivity contribution in [3.05, 3.63) is 52.0 Å². The molecule has 2 aromatic carbocycles. The number of rotatable bonds is 4. The van der Waals surface area contributed by atoms with Gasteiger partial charge in [0.1, 0.15) is 5.75 Å². The van der Waals surface area contributed by atoms with Gasteiger partial charge in [0.15, 0.2) is 6.61 Å². The van der Waals surface area contributed by atoms with Gasteiger partial charge in [-0.2, -0.15) is 0 Å². The van der Waals surface area contributed by atoms with Gasteiger partial charge in [-0.25, -0.2) is 0 Å². The van der Waals surface area contributed by atoms with Gasteiger partial charge >= 0.3 is 0 Å². The van der Waals surface area contributed by atoms with Crippen LogP contribution in [0, 0.1) is 0 Å². The molecule has 0 saturated heterocycles. The molecule has 4 nitrogen and oxygen atoms in total. The van der Waals surface area contributed by atoms with Crippen LogP contribution >= 0.6 is 27.5 Å². The highest BCUT2D eigenvalue weighted by atomic mass is 79.9. The molecule has 0 aliphatic rings. The molecular formula is C14H12BrClN2O2. The van der Waals surface area contributed by atoms with Crippen molar-refractivity contribution in [3.8, 4) is 5.75 Å². The first-order valence-corrected chi connectivity index (χ1v) is 6.95. The van der Waals surface area contributed by atoms with Gasteiger partial charge in [0, 0.05) is 16.4 Å². The van der Waals surface area contributed by atoms with Crippen LogP contribution in [-0.2, 0) is 4.79 Å². The van der Waals surface area contributed by atoms with Crippen molar-refractivity contribution < 1.29 is 9.53 Å². The van der Waals surface area contributed by atoms with Crippen molar-refractivity contribution in [1.29, 1.82) is 0 Å². The quantitative estimate of drug-likeness (QED) is 0.822. The molecule has 104 valence electrons. The summed E-state index contributed by atoms with van der Waals surface area (Å²) >= 11 is 9.14. The van der Waals surface area contributed by atoms with Crippen molar-refractivity contribution in [2.75, 3.05) is 17.7 Å². The second-order valence-corrected chi connectivity index (χ2v) is 5.32. The van der Waals surface area contributed by atoms with Crippen molar-refractivity contribution in [2.24, 2.45) is 0 Å². The van der Waals surface area contributed by atoms with Crippen LogP contribution in [0.25, 0.3) is 0 Å². The number of anilines is 2. The molecule has 2 aromatic rings. The molecule has 0 aliphatic heterocycles. The van der Waals surface area contributed by atoms with E-state index in [4.69, 9.17) is 22.1 Å². The molecule has 1 amide bonds. The molecule has 6 heteroatoms. The number of benzene rings is 2. The standard InChI is InChI=1S/C14H12BrClN2O2/c15-12-7-9(16)1-6-13(12)20-8-14(19)18-11-4-2-10(17)3-5-11/h1-7H,8,17H2,(H,18,19). The summed E-state index contributed by atoms with van der Waals surface area (Å²) in [6.45, 7) is -0.0926. The zero-order valence-corrected chi connectivity index (χ0v) is 12.7. The molecule has 0 spiro atoms. The maximum atomic E-state index is 11.7. The van der Waals surface area contributed by atoms with Gasteiger partial charge < -0.3 is 15.8 Å². The van der Waals surface area contributed by atoms with Gasteiger partial charge in [-0.05, 0) is 58.4 Å². The van der Waals surface area contributed by atoms with Crippen LogP contribution in [0.5, 0.6) is 5.75 Å². The SMILES string of the molecule is Nc1ccc(NC(=O)COc2ccc(Cl)cc2Br)cc1. The highest BCUT2D eigenvalue weighted by Crippen LogP contribution is 2.27.